The minimum atomic E-state index is -0.503. The summed E-state index contributed by atoms with van der Waals surface area (Å²) in [6.07, 6.45) is 3.42. The van der Waals surface area contributed by atoms with Crippen LogP contribution in [0.5, 0.6) is 5.75 Å². The van der Waals surface area contributed by atoms with Gasteiger partial charge in [-0.15, -0.1) is 0 Å². The summed E-state index contributed by atoms with van der Waals surface area (Å²) in [7, 11) is 1.43. The zero-order valence-electron chi connectivity index (χ0n) is 18.2. The van der Waals surface area contributed by atoms with Crippen molar-refractivity contribution in [1.29, 1.82) is 0 Å². The zero-order chi connectivity index (χ0) is 22.7. The normalized spacial score (nSPS) is 22.8. The maximum absolute atomic E-state index is 13.8. The molecule has 0 spiro atoms. The van der Waals surface area contributed by atoms with Gasteiger partial charge < -0.3 is 15.0 Å². The number of amides is 2. The van der Waals surface area contributed by atoms with Crippen LogP contribution < -0.4 is 10.1 Å². The van der Waals surface area contributed by atoms with Crippen LogP contribution in [0.3, 0.4) is 0 Å². The van der Waals surface area contributed by atoms with E-state index in [1.807, 2.05) is 29.2 Å². The molecule has 0 bridgehead atoms. The number of likely N-dealkylation sites (tertiary alicyclic amines) is 1. The average molecular weight is 459 g/mol. The summed E-state index contributed by atoms with van der Waals surface area (Å²) in [6, 6.07) is 12.6. The summed E-state index contributed by atoms with van der Waals surface area (Å²) in [4.78, 5) is 27.0. The molecule has 5 nitrogen and oxygen atoms in total. The maximum atomic E-state index is 13.8. The molecule has 0 saturated carbocycles. The molecule has 2 aromatic rings. The van der Waals surface area contributed by atoms with Crippen molar-refractivity contribution in [2.45, 2.75) is 50.0 Å². The smallest absolute Gasteiger partial charge is 0.222 e. The van der Waals surface area contributed by atoms with Crippen LogP contribution >= 0.6 is 11.6 Å². The van der Waals surface area contributed by atoms with E-state index in [4.69, 9.17) is 16.3 Å². The highest BCUT2D eigenvalue weighted by Gasteiger charge is 2.39. The number of carbonyl (C=O) groups excluding carboxylic acids is 2. The Morgan fingerprint density at radius 2 is 2.12 bits per heavy atom. The van der Waals surface area contributed by atoms with Crippen LogP contribution in [0.25, 0.3) is 0 Å². The Labute approximate surface area is 192 Å². The fourth-order valence-corrected chi connectivity index (χ4v) is 5.23. The van der Waals surface area contributed by atoms with Gasteiger partial charge in [0.25, 0.3) is 0 Å². The maximum Gasteiger partial charge on any atom is 0.222 e. The number of carbonyl (C=O) groups is 2. The molecule has 7 heteroatoms. The van der Waals surface area contributed by atoms with Gasteiger partial charge in [-0.05, 0) is 55.0 Å². The van der Waals surface area contributed by atoms with Gasteiger partial charge >= 0.3 is 0 Å². The second-order valence-corrected chi connectivity index (χ2v) is 9.23. The van der Waals surface area contributed by atoms with E-state index >= 15 is 0 Å². The lowest BCUT2D eigenvalue weighted by atomic mass is 9.84. The molecule has 0 aromatic heterocycles. The number of hydrogen-bond donors (Lipinski definition) is 1. The lowest BCUT2D eigenvalue weighted by Gasteiger charge is -2.30. The molecule has 2 heterocycles. The molecule has 2 amide bonds. The van der Waals surface area contributed by atoms with Crippen molar-refractivity contribution in [2.75, 3.05) is 20.2 Å². The number of nitrogens with one attached hydrogen (secondary N) is 1. The van der Waals surface area contributed by atoms with E-state index < -0.39 is 11.4 Å². The Bertz CT molecular complexity index is 1010. The SMILES string of the molecule is COc1cc(C[C@@]2(CCC(=O)N3CC[C@H](c4ccccc4Cl)C3)CCC(=O)N2)ccc1F. The third-order valence-electron chi connectivity index (χ3n) is 6.70. The Balaban J connectivity index is 1.40. The molecular weight excluding hydrogens is 431 g/mol. The van der Waals surface area contributed by atoms with Crippen molar-refractivity contribution in [2.24, 2.45) is 0 Å². The summed E-state index contributed by atoms with van der Waals surface area (Å²) < 4.78 is 18.9. The molecule has 0 radical (unpaired) electrons. The minimum absolute atomic E-state index is 0.00789. The van der Waals surface area contributed by atoms with E-state index in [9.17, 15) is 14.0 Å². The van der Waals surface area contributed by atoms with E-state index in [0.29, 0.717) is 45.2 Å². The Morgan fingerprint density at radius 1 is 1.31 bits per heavy atom. The molecular formula is C25H28ClFN2O3. The quantitative estimate of drug-likeness (QED) is 0.665. The van der Waals surface area contributed by atoms with Gasteiger partial charge in [-0.25, -0.2) is 4.39 Å². The predicted molar refractivity (Wildman–Crippen MR) is 121 cm³/mol. The van der Waals surface area contributed by atoms with Crippen molar-refractivity contribution in [3.8, 4) is 5.75 Å². The van der Waals surface area contributed by atoms with Crippen molar-refractivity contribution >= 4 is 23.4 Å². The molecule has 0 unspecified atom stereocenters. The lowest BCUT2D eigenvalue weighted by Crippen LogP contribution is -2.44. The fourth-order valence-electron chi connectivity index (χ4n) is 4.94. The molecule has 32 heavy (non-hydrogen) atoms. The number of methoxy groups -OCH3 is 1. The lowest BCUT2D eigenvalue weighted by molar-refractivity contribution is -0.131. The first-order valence-corrected chi connectivity index (χ1v) is 11.4. The Hall–Kier alpha value is -2.60. The summed E-state index contributed by atoms with van der Waals surface area (Å²) in [5, 5.41) is 3.84. The van der Waals surface area contributed by atoms with Crippen LogP contribution in [-0.4, -0.2) is 42.5 Å². The molecule has 2 atom stereocenters. The second kappa shape index (κ2) is 9.49. The van der Waals surface area contributed by atoms with Crippen LogP contribution in [0.4, 0.5) is 4.39 Å². The van der Waals surface area contributed by atoms with E-state index in [1.165, 1.54) is 13.2 Å². The van der Waals surface area contributed by atoms with Gasteiger partial charge in [-0.1, -0.05) is 35.9 Å². The van der Waals surface area contributed by atoms with Gasteiger partial charge in [0, 0.05) is 42.4 Å². The molecule has 2 fully saturated rings. The number of nitrogens with zero attached hydrogens (tertiary/aromatic N) is 1. The Kier molecular flexibility index (Phi) is 6.70. The van der Waals surface area contributed by atoms with E-state index in [-0.39, 0.29) is 23.5 Å². The van der Waals surface area contributed by atoms with E-state index in [2.05, 4.69) is 5.32 Å². The van der Waals surface area contributed by atoms with Crippen LogP contribution in [-0.2, 0) is 16.0 Å². The fraction of sp³-hybridized carbons (Fsp3) is 0.440. The minimum Gasteiger partial charge on any atom is -0.494 e. The monoisotopic (exact) mass is 458 g/mol. The van der Waals surface area contributed by atoms with E-state index in [0.717, 1.165) is 22.6 Å². The first kappa shape index (κ1) is 22.6. The molecule has 4 rings (SSSR count). The first-order valence-electron chi connectivity index (χ1n) is 11.0. The van der Waals surface area contributed by atoms with Crippen LogP contribution in [0.2, 0.25) is 5.02 Å². The standard InChI is InChI=1S/C25H28ClFN2O3/c1-32-22-14-17(6-7-21(22)27)15-25(11-8-23(30)28-25)12-9-24(31)29-13-10-18(16-29)19-4-2-3-5-20(19)26/h2-7,14,18H,8-13,15-16H2,1H3,(H,28,30)/t18-,25-/m0/s1. The zero-order valence-corrected chi connectivity index (χ0v) is 19.0. The van der Waals surface area contributed by atoms with Gasteiger partial charge in [0.05, 0.1) is 7.11 Å². The number of halogens is 2. The number of benzene rings is 2. The molecule has 1 N–H and O–H groups in total. The first-order chi connectivity index (χ1) is 15.4. The van der Waals surface area contributed by atoms with Gasteiger partial charge in [-0.2, -0.15) is 0 Å². The largest absolute Gasteiger partial charge is 0.494 e. The van der Waals surface area contributed by atoms with Crippen LogP contribution in [0, 0.1) is 5.82 Å². The third-order valence-corrected chi connectivity index (χ3v) is 7.04. The summed E-state index contributed by atoms with van der Waals surface area (Å²) in [5.74, 6) is 0.0986. The number of rotatable bonds is 7. The second-order valence-electron chi connectivity index (χ2n) is 8.82. The number of hydrogen-bond acceptors (Lipinski definition) is 3. The summed E-state index contributed by atoms with van der Waals surface area (Å²) in [6.45, 7) is 1.38. The molecule has 2 saturated heterocycles. The topological polar surface area (TPSA) is 58.6 Å². The van der Waals surface area contributed by atoms with Crippen molar-refractivity contribution in [3.63, 3.8) is 0 Å². The molecule has 2 aliphatic heterocycles. The molecule has 0 aliphatic carbocycles. The number of ether oxygens (including phenoxy) is 1. The predicted octanol–water partition coefficient (Wildman–Crippen LogP) is 4.48. The van der Waals surface area contributed by atoms with Crippen LogP contribution in [0.1, 0.15) is 49.1 Å². The highest BCUT2D eigenvalue weighted by molar-refractivity contribution is 6.31. The van der Waals surface area contributed by atoms with Gasteiger partial charge in [0.2, 0.25) is 11.8 Å². The highest BCUT2D eigenvalue weighted by Crippen LogP contribution is 2.34. The molecule has 2 aliphatic rings. The van der Waals surface area contributed by atoms with Gasteiger partial charge in [-0.3, -0.25) is 9.59 Å². The highest BCUT2D eigenvalue weighted by atomic mass is 35.5. The molecule has 2 aromatic carbocycles. The van der Waals surface area contributed by atoms with E-state index in [1.54, 1.807) is 12.1 Å². The van der Waals surface area contributed by atoms with Crippen molar-refractivity contribution in [3.05, 3.63) is 64.4 Å². The van der Waals surface area contributed by atoms with Crippen molar-refractivity contribution in [1.82, 2.24) is 10.2 Å². The van der Waals surface area contributed by atoms with Gasteiger partial charge in [0.15, 0.2) is 11.6 Å². The molecule has 170 valence electrons. The Morgan fingerprint density at radius 3 is 2.84 bits per heavy atom. The average Bonchev–Trinajstić information content (AvgIpc) is 3.41. The summed E-state index contributed by atoms with van der Waals surface area (Å²) >= 11 is 6.34. The summed E-state index contributed by atoms with van der Waals surface area (Å²) in [5.41, 5.74) is 1.46. The van der Waals surface area contributed by atoms with Crippen LogP contribution in [0.15, 0.2) is 42.5 Å². The van der Waals surface area contributed by atoms with Gasteiger partial charge in [0.1, 0.15) is 0 Å². The van der Waals surface area contributed by atoms with Crippen molar-refractivity contribution < 1.29 is 18.7 Å². The third kappa shape index (κ3) is 4.90.